The summed E-state index contributed by atoms with van der Waals surface area (Å²) in [6.45, 7) is -1.26. The van der Waals surface area contributed by atoms with Crippen molar-refractivity contribution in [3.8, 4) is 0 Å². The van der Waals surface area contributed by atoms with Crippen LogP contribution in [0.1, 0.15) is 0 Å². The van der Waals surface area contributed by atoms with Crippen LogP contribution in [0, 0.1) is 10.1 Å². The number of benzene rings is 1. The number of nitro benzene ring substituents is 1. The van der Waals surface area contributed by atoms with Gasteiger partial charge in [0, 0.05) is 23.6 Å². The summed E-state index contributed by atoms with van der Waals surface area (Å²) in [5.74, 6) is -0.599. The van der Waals surface area contributed by atoms with Gasteiger partial charge >= 0.3 is 0 Å². The lowest BCUT2D eigenvalue weighted by Gasteiger charge is -2.20. The quantitative estimate of drug-likeness (QED) is 0.448. The number of alkyl halides is 2. The van der Waals surface area contributed by atoms with E-state index in [-0.39, 0.29) is 24.6 Å². The first-order valence-electron chi connectivity index (χ1n) is 5.98. The van der Waals surface area contributed by atoms with Crippen LogP contribution in [0.3, 0.4) is 0 Å². The summed E-state index contributed by atoms with van der Waals surface area (Å²) in [4.78, 5) is 23.2. The van der Waals surface area contributed by atoms with Crippen molar-refractivity contribution < 1.29 is 23.6 Å². The number of thioether (sulfide) groups is 1. The number of carbonyl (C=O) groups is 1. The van der Waals surface area contributed by atoms with Crippen LogP contribution < -0.4 is 0 Å². The third-order valence-corrected chi connectivity index (χ3v) is 3.49. The van der Waals surface area contributed by atoms with Crippen LogP contribution in [-0.4, -0.2) is 52.7 Å². The largest absolute Gasteiger partial charge is 0.395 e. The Labute approximate surface area is 123 Å². The second-order valence-corrected chi connectivity index (χ2v) is 5.04. The van der Waals surface area contributed by atoms with Gasteiger partial charge in [-0.3, -0.25) is 14.9 Å². The van der Waals surface area contributed by atoms with Crippen molar-refractivity contribution in [1.82, 2.24) is 4.90 Å². The zero-order valence-electron chi connectivity index (χ0n) is 10.9. The van der Waals surface area contributed by atoms with Gasteiger partial charge in [-0.2, -0.15) is 0 Å². The molecule has 21 heavy (non-hydrogen) atoms. The maximum Gasteiger partial charge on any atom is 0.269 e. The summed E-state index contributed by atoms with van der Waals surface area (Å²) >= 11 is 1.09. The Hall–Kier alpha value is -1.74. The molecule has 1 rings (SSSR count). The first kappa shape index (κ1) is 17.3. The SMILES string of the molecule is O=C(CSc1ccc([N+](=O)[O-])cc1)N(CCO)CC(F)F. The zero-order valence-corrected chi connectivity index (χ0v) is 11.8. The van der Waals surface area contributed by atoms with Gasteiger partial charge in [0.15, 0.2) is 0 Å². The highest BCUT2D eigenvalue weighted by Gasteiger charge is 2.17. The number of hydrogen-bond acceptors (Lipinski definition) is 5. The summed E-state index contributed by atoms with van der Waals surface area (Å²) in [7, 11) is 0. The van der Waals surface area contributed by atoms with Gasteiger partial charge in [-0.25, -0.2) is 8.78 Å². The first-order chi connectivity index (χ1) is 9.93. The minimum absolute atomic E-state index is 0.0646. The van der Waals surface area contributed by atoms with E-state index < -0.39 is 23.8 Å². The average molecular weight is 320 g/mol. The summed E-state index contributed by atoms with van der Waals surface area (Å²) in [6, 6.07) is 5.58. The molecule has 0 saturated heterocycles. The standard InChI is InChI=1S/C12H14F2N2O4S/c13-11(14)7-15(5-6-17)12(18)8-21-10-3-1-9(2-4-10)16(19)20/h1-4,11,17H,5-8H2. The lowest BCUT2D eigenvalue weighted by Crippen LogP contribution is -2.38. The summed E-state index contributed by atoms with van der Waals surface area (Å²) in [6.07, 6.45) is -2.66. The van der Waals surface area contributed by atoms with Crippen molar-refractivity contribution in [2.45, 2.75) is 11.3 Å². The molecule has 0 aromatic heterocycles. The fourth-order valence-corrected chi connectivity index (χ4v) is 2.31. The maximum absolute atomic E-state index is 12.3. The molecular weight excluding hydrogens is 306 g/mol. The number of aliphatic hydroxyl groups is 1. The van der Waals surface area contributed by atoms with E-state index in [2.05, 4.69) is 0 Å². The van der Waals surface area contributed by atoms with Crippen LogP contribution in [0.5, 0.6) is 0 Å². The molecular formula is C12H14F2N2O4S. The molecule has 0 unspecified atom stereocenters. The highest BCUT2D eigenvalue weighted by molar-refractivity contribution is 8.00. The predicted molar refractivity (Wildman–Crippen MR) is 73.5 cm³/mol. The van der Waals surface area contributed by atoms with E-state index in [1.807, 2.05) is 0 Å². The summed E-state index contributed by atoms with van der Waals surface area (Å²) < 4.78 is 24.6. The molecule has 116 valence electrons. The van der Waals surface area contributed by atoms with Gasteiger partial charge in [0.2, 0.25) is 5.91 Å². The molecule has 0 aliphatic heterocycles. The Morgan fingerprint density at radius 3 is 2.48 bits per heavy atom. The second-order valence-electron chi connectivity index (χ2n) is 3.99. The Morgan fingerprint density at radius 1 is 1.38 bits per heavy atom. The summed E-state index contributed by atoms with van der Waals surface area (Å²) in [5, 5.41) is 19.2. The lowest BCUT2D eigenvalue weighted by atomic mass is 10.3. The number of non-ortho nitro benzene ring substituents is 1. The molecule has 1 aromatic rings. The molecule has 9 heteroatoms. The lowest BCUT2D eigenvalue weighted by molar-refractivity contribution is -0.384. The summed E-state index contributed by atoms with van der Waals surface area (Å²) in [5.41, 5.74) is -0.0646. The predicted octanol–water partition coefficient (Wildman–Crippen LogP) is 1.77. The molecule has 0 radical (unpaired) electrons. The van der Waals surface area contributed by atoms with Gasteiger partial charge in [-0.1, -0.05) is 0 Å². The fourth-order valence-electron chi connectivity index (χ4n) is 1.51. The maximum atomic E-state index is 12.3. The smallest absolute Gasteiger partial charge is 0.269 e. The van der Waals surface area contributed by atoms with Gasteiger partial charge in [0.25, 0.3) is 12.1 Å². The van der Waals surface area contributed by atoms with Crippen molar-refractivity contribution >= 4 is 23.4 Å². The molecule has 1 amide bonds. The van der Waals surface area contributed by atoms with E-state index in [0.717, 1.165) is 16.7 Å². The van der Waals surface area contributed by atoms with Crippen LogP contribution in [-0.2, 0) is 4.79 Å². The Kier molecular flexibility index (Phi) is 7.03. The number of carbonyl (C=O) groups excluding carboxylic acids is 1. The van der Waals surface area contributed by atoms with E-state index in [1.165, 1.54) is 24.3 Å². The average Bonchev–Trinajstić information content (AvgIpc) is 2.44. The van der Waals surface area contributed by atoms with Crippen LogP contribution in [0.2, 0.25) is 0 Å². The molecule has 1 N–H and O–H groups in total. The second kappa shape index (κ2) is 8.53. The Morgan fingerprint density at radius 2 is 2.00 bits per heavy atom. The van der Waals surface area contributed by atoms with Crippen LogP contribution in [0.25, 0.3) is 0 Å². The van der Waals surface area contributed by atoms with Gasteiger partial charge in [0.05, 0.1) is 23.8 Å². The van der Waals surface area contributed by atoms with Crippen molar-refractivity contribution in [2.75, 3.05) is 25.4 Å². The van der Waals surface area contributed by atoms with Crippen molar-refractivity contribution in [3.63, 3.8) is 0 Å². The number of rotatable bonds is 8. The first-order valence-corrected chi connectivity index (χ1v) is 6.96. The van der Waals surface area contributed by atoms with Crippen molar-refractivity contribution in [2.24, 2.45) is 0 Å². The molecule has 0 bridgehead atoms. The molecule has 1 aromatic carbocycles. The normalized spacial score (nSPS) is 10.7. The van der Waals surface area contributed by atoms with Gasteiger partial charge in [0.1, 0.15) is 0 Å². The van der Waals surface area contributed by atoms with Gasteiger partial charge < -0.3 is 10.0 Å². The molecule has 0 aliphatic carbocycles. The van der Waals surface area contributed by atoms with Gasteiger partial charge in [-0.15, -0.1) is 11.8 Å². The topological polar surface area (TPSA) is 83.7 Å². The van der Waals surface area contributed by atoms with Crippen LogP contribution in [0.4, 0.5) is 14.5 Å². The van der Waals surface area contributed by atoms with Crippen LogP contribution >= 0.6 is 11.8 Å². The van der Waals surface area contributed by atoms with Crippen molar-refractivity contribution in [1.29, 1.82) is 0 Å². The molecule has 0 fully saturated rings. The van der Waals surface area contributed by atoms with E-state index in [4.69, 9.17) is 5.11 Å². The number of halogens is 2. The van der Waals surface area contributed by atoms with Crippen molar-refractivity contribution in [3.05, 3.63) is 34.4 Å². The number of aliphatic hydroxyl groups excluding tert-OH is 1. The molecule has 0 saturated carbocycles. The Bertz CT molecular complexity index is 485. The molecule has 0 aliphatic rings. The highest BCUT2D eigenvalue weighted by Crippen LogP contribution is 2.21. The van der Waals surface area contributed by atoms with Crippen LogP contribution in [0.15, 0.2) is 29.2 Å². The number of nitrogens with zero attached hydrogens (tertiary/aromatic N) is 2. The third kappa shape index (κ3) is 6.05. The minimum Gasteiger partial charge on any atom is -0.395 e. The monoisotopic (exact) mass is 320 g/mol. The Balaban J connectivity index is 2.55. The molecule has 6 nitrogen and oxygen atoms in total. The molecule has 0 atom stereocenters. The number of nitro groups is 1. The van der Waals surface area contributed by atoms with Gasteiger partial charge in [-0.05, 0) is 12.1 Å². The third-order valence-electron chi connectivity index (χ3n) is 2.49. The molecule has 0 spiro atoms. The minimum atomic E-state index is -2.66. The van der Waals surface area contributed by atoms with E-state index in [0.29, 0.717) is 4.90 Å². The number of amides is 1. The molecule has 0 heterocycles. The fraction of sp³-hybridized carbons (Fsp3) is 0.417. The van der Waals surface area contributed by atoms with E-state index in [1.54, 1.807) is 0 Å². The van der Waals surface area contributed by atoms with E-state index >= 15 is 0 Å². The number of hydrogen-bond donors (Lipinski definition) is 1. The highest BCUT2D eigenvalue weighted by atomic mass is 32.2. The zero-order chi connectivity index (χ0) is 15.8. The van der Waals surface area contributed by atoms with E-state index in [9.17, 15) is 23.7 Å².